The summed E-state index contributed by atoms with van der Waals surface area (Å²) in [5.41, 5.74) is 0.656. The van der Waals surface area contributed by atoms with E-state index in [4.69, 9.17) is 11.6 Å². The lowest BCUT2D eigenvalue weighted by molar-refractivity contribution is 0.598. The highest BCUT2D eigenvalue weighted by Crippen LogP contribution is 2.23. The summed E-state index contributed by atoms with van der Waals surface area (Å²) >= 11 is 7.35. The number of fused-ring (bicyclic) bond motifs is 1. The molecule has 1 N–H and O–H groups in total. The van der Waals surface area contributed by atoms with Crippen molar-refractivity contribution in [3.63, 3.8) is 0 Å². The van der Waals surface area contributed by atoms with Gasteiger partial charge in [-0.2, -0.15) is 0 Å². The average molecular weight is 384 g/mol. The molecule has 3 rings (SSSR count). The summed E-state index contributed by atoms with van der Waals surface area (Å²) in [4.78, 5) is 17.8. The van der Waals surface area contributed by atoms with Gasteiger partial charge in [0.15, 0.2) is 9.86 Å². The van der Waals surface area contributed by atoms with Crippen molar-refractivity contribution in [3.8, 4) is 0 Å². The van der Waals surface area contributed by atoms with Gasteiger partial charge in [0.1, 0.15) is 0 Å². The normalized spacial score (nSPS) is 11.8. The van der Waals surface area contributed by atoms with Gasteiger partial charge < -0.3 is 0 Å². The van der Waals surface area contributed by atoms with Crippen LogP contribution in [0.15, 0.2) is 34.1 Å². The molecule has 9 heteroatoms. The third-order valence-electron chi connectivity index (χ3n) is 3.47. The second-order valence-corrected chi connectivity index (χ2v) is 8.64. The van der Waals surface area contributed by atoms with Crippen LogP contribution in [0.2, 0.25) is 5.02 Å². The predicted molar refractivity (Wildman–Crippen MR) is 95.8 cm³/mol. The minimum atomic E-state index is -4.09. The zero-order chi connectivity index (χ0) is 17.6. The van der Waals surface area contributed by atoms with Crippen molar-refractivity contribution in [2.45, 2.75) is 25.7 Å². The number of halogens is 1. The highest BCUT2D eigenvalue weighted by molar-refractivity contribution is 7.92. The van der Waals surface area contributed by atoms with Crippen LogP contribution in [-0.4, -0.2) is 17.8 Å². The van der Waals surface area contributed by atoms with E-state index in [9.17, 15) is 13.2 Å². The van der Waals surface area contributed by atoms with E-state index in [1.807, 2.05) is 13.8 Å². The maximum absolute atomic E-state index is 12.7. The van der Waals surface area contributed by atoms with Crippen LogP contribution >= 0.6 is 22.9 Å². The number of anilines is 1. The molecule has 0 aliphatic heterocycles. The van der Waals surface area contributed by atoms with Gasteiger partial charge in [0, 0.05) is 16.1 Å². The van der Waals surface area contributed by atoms with Crippen LogP contribution in [0.25, 0.3) is 4.96 Å². The number of thiazole rings is 1. The van der Waals surface area contributed by atoms with Crippen LogP contribution in [0.1, 0.15) is 16.1 Å². The summed E-state index contributed by atoms with van der Waals surface area (Å²) < 4.78 is 29.0. The Bertz CT molecular complexity index is 1120. The molecule has 0 bridgehead atoms. The van der Waals surface area contributed by atoms with E-state index in [1.165, 1.54) is 28.7 Å². The standard InChI is InChI=1S/C15H14ClN3O3S2/c1-8-4-5-11(6-12(8)16)18-24(21,22)13-10(3)17-15-19(14(13)20)7-9(2)23-15/h4-7,18H,1-3H3. The summed E-state index contributed by atoms with van der Waals surface area (Å²) in [6.45, 7) is 5.15. The molecule has 0 aliphatic rings. The lowest BCUT2D eigenvalue weighted by atomic mass is 10.2. The Kier molecular flexibility index (Phi) is 4.15. The first-order valence-electron chi connectivity index (χ1n) is 6.97. The van der Waals surface area contributed by atoms with Crippen molar-refractivity contribution in [2.75, 3.05) is 4.72 Å². The smallest absolute Gasteiger partial charge is 0.279 e. The van der Waals surface area contributed by atoms with E-state index >= 15 is 0 Å². The molecule has 2 heterocycles. The Morgan fingerprint density at radius 1 is 1.25 bits per heavy atom. The first-order valence-corrected chi connectivity index (χ1v) is 9.65. The van der Waals surface area contributed by atoms with Gasteiger partial charge in [0.05, 0.1) is 11.4 Å². The fourth-order valence-electron chi connectivity index (χ4n) is 2.31. The molecular weight excluding hydrogens is 370 g/mol. The topological polar surface area (TPSA) is 80.5 Å². The number of benzene rings is 1. The molecule has 0 amide bonds. The molecule has 126 valence electrons. The second-order valence-electron chi connectivity index (χ2n) is 5.40. The first kappa shape index (κ1) is 16.9. The third-order valence-corrected chi connectivity index (χ3v) is 6.28. The van der Waals surface area contributed by atoms with Crippen molar-refractivity contribution in [1.29, 1.82) is 0 Å². The van der Waals surface area contributed by atoms with Crippen LogP contribution in [0.3, 0.4) is 0 Å². The fourth-order valence-corrected chi connectivity index (χ4v) is 4.65. The monoisotopic (exact) mass is 383 g/mol. The number of rotatable bonds is 3. The van der Waals surface area contributed by atoms with Crippen LogP contribution in [0.4, 0.5) is 5.69 Å². The molecule has 0 spiro atoms. The maximum atomic E-state index is 12.7. The Balaban J connectivity index is 2.14. The van der Waals surface area contributed by atoms with Crippen molar-refractivity contribution in [3.05, 3.63) is 55.9 Å². The quantitative estimate of drug-likeness (QED) is 0.753. The molecule has 3 aromatic rings. The van der Waals surface area contributed by atoms with E-state index in [-0.39, 0.29) is 16.3 Å². The summed E-state index contributed by atoms with van der Waals surface area (Å²) in [5, 5.41) is 0.436. The van der Waals surface area contributed by atoms with Crippen LogP contribution in [-0.2, 0) is 10.0 Å². The molecule has 6 nitrogen and oxygen atoms in total. The summed E-state index contributed by atoms with van der Waals surface area (Å²) in [6.07, 6.45) is 1.58. The first-order chi connectivity index (χ1) is 11.2. The Labute approximate surface area is 147 Å². The molecule has 24 heavy (non-hydrogen) atoms. The Hall–Kier alpha value is -1.90. The van der Waals surface area contributed by atoms with E-state index in [1.54, 1.807) is 18.3 Å². The fraction of sp³-hybridized carbons (Fsp3) is 0.200. The number of aryl methyl sites for hydroxylation is 3. The molecule has 1 aromatic carbocycles. The van der Waals surface area contributed by atoms with Crippen LogP contribution in [0, 0.1) is 20.8 Å². The van der Waals surface area contributed by atoms with Gasteiger partial charge in [0.25, 0.3) is 15.6 Å². The van der Waals surface area contributed by atoms with Gasteiger partial charge in [-0.05, 0) is 38.5 Å². The minimum Gasteiger partial charge on any atom is -0.279 e. The van der Waals surface area contributed by atoms with E-state index in [2.05, 4.69) is 9.71 Å². The lowest BCUT2D eigenvalue weighted by Crippen LogP contribution is -2.27. The van der Waals surface area contributed by atoms with Gasteiger partial charge >= 0.3 is 0 Å². The Morgan fingerprint density at radius 3 is 2.62 bits per heavy atom. The highest BCUT2D eigenvalue weighted by atomic mass is 35.5. The third kappa shape index (κ3) is 2.92. The van der Waals surface area contributed by atoms with Gasteiger partial charge in [-0.3, -0.25) is 13.9 Å². The minimum absolute atomic E-state index is 0.160. The van der Waals surface area contributed by atoms with Crippen LogP contribution < -0.4 is 10.3 Å². The van der Waals surface area contributed by atoms with Gasteiger partial charge in [-0.15, -0.1) is 11.3 Å². The Morgan fingerprint density at radius 2 is 1.96 bits per heavy atom. The molecule has 0 fully saturated rings. The number of aromatic nitrogens is 2. The lowest BCUT2D eigenvalue weighted by Gasteiger charge is -2.10. The summed E-state index contributed by atoms with van der Waals surface area (Å²) in [5.74, 6) is 0. The van der Waals surface area contributed by atoms with Crippen molar-refractivity contribution in [2.24, 2.45) is 0 Å². The van der Waals surface area contributed by atoms with Crippen molar-refractivity contribution in [1.82, 2.24) is 9.38 Å². The summed E-state index contributed by atoms with van der Waals surface area (Å²) in [6, 6.07) is 4.79. The van der Waals surface area contributed by atoms with Crippen LogP contribution in [0.5, 0.6) is 0 Å². The van der Waals surface area contributed by atoms with Gasteiger partial charge in [-0.25, -0.2) is 13.4 Å². The van der Waals surface area contributed by atoms with Crippen molar-refractivity contribution < 1.29 is 8.42 Å². The molecule has 0 aliphatic carbocycles. The number of sulfonamides is 1. The molecule has 0 saturated heterocycles. The molecule has 2 aromatic heterocycles. The SMILES string of the molecule is Cc1cn2c(=O)c(S(=O)(=O)Nc3ccc(C)c(Cl)c3)c(C)nc2s1. The van der Waals surface area contributed by atoms with Gasteiger partial charge in [0.2, 0.25) is 0 Å². The molecule has 0 atom stereocenters. The number of nitrogens with zero attached hydrogens (tertiary/aromatic N) is 2. The van der Waals surface area contributed by atoms with Crippen molar-refractivity contribution >= 4 is 43.6 Å². The van der Waals surface area contributed by atoms with E-state index in [0.717, 1.165) is 10.4 Å². The van der Waals surface area contributed by atoms with Gasteiger partial charge in [-0.1, -0.05) is 17.7 Å². The molecule has 0 unspecified atom stereocenters. The number of nitrogens with one attached hydrogen (secondary N) is 1. The molecular formula is C15H14ClN3O3S2. The zero-order valence-corrected chi connectivity index (χ0v) is 15.5. The average Bonchev–Trinajstić information content (AvgIpc) is 2.83. The maximum Gasteiger partial charge on any atom is 0.279 e. The predicted octanol–water partition coefficient (Wildman–Crippen LogP) is 3.14. The van der Waals surface area contributed by atoms with E-state index < -0.39 is 15.6 Å². The zero-order valence-electron chi connectivity index (χ0n) is 13.1. The number of hydrogen-bond acceptors (Lipinski definition) is 5. The highest BCUT2D eigenvalue weighted by Gasteiger charge is 2.24. The second kappa shape index (κ2) is 5.87. The van der Waals surface area contributed by atoms with E-state index in [0.29, 0.717) is 9.98 Å². The number of hydrogen-bond donors (Lipinski definition) is 1. The summed E-state index contributed by atoms with van der Waals surface area (Å²) in [7, 11) is -4.09. The molecule has 0 radical (unpaired) electrons. The molecule has 0 saturated carbocycles. The largest absolute Gasteiger partial charge is 0.279 e.